The summed E-state index contributed by atoms with van der Waals surface area (Å²) in [5.41, 5.74) is 5.71. The summed E-state index contributed by atoms with van der Waals surface area (Å²) in [5.74, 6) is 0.920. The van der Waals surface area contributed by atoms with Crippen molar-refractivity contribution >= 4 is 5.69 Å². The standard InChI is InChI=1S/C18H23NO2/c1-12-11-16(20-4)13(2)14(3)17(12)18(21-5)19-15-9-7-6-8-10-15/h6-11,18-19H,1-5H3. The van der Waals surface area contributed by atoms with Crippen molar-refractivity contribution in [1.29, 1.82) is 0 Å². The lowest BCUT2D eigenvalue weighted by molar-refractivity contribution is 0.125. The van der Waals surface area contributed by atoms with Crippen molar-refractivity contribution in [2.45, 2.75) is 27.0 Å². The van der Waals surface area contributed by atoms with Gasteiger partial charge in [-0.15, -0.1) is 0 Å². The molecule has 0 saturated carbocycles. The van der Waals surface area contributed by atoms with Gasteiger partial charge in [-0.2, -0.15) is 0 Å². The van der Waals surface area contributed by atoms with Crippen LogP contribution in [0.5, 0.6) is 5.75 Å². The number of hydrogen-bond donors (Lipinski definition) is 1. The molecule has 0 radical (unpaired) electrons. The van der Waals surface area contributed by atoms with Crippen LogP contribution in [0, 0.1) is 20.8 Å². The lowest BCUT2D eigenvalue weighted by atomic mass is 9.96. The molecule has 0 amide bonds. The van der Waals surface area contributed by atoms with Crippen LogP contribution in [0.4, 0.5) is 5.69 Å². The topological polar surface area (TPSA) is 30.5 Å². The molecule has 2 rings (SSSR count). The number of para-hydroxylation sites is 1. The summed E-state index contributed by atoms with van der Waals surface area (Å²) in [7, 11) is 3.43. The van der Waals surface area contributed by atoms with E-state index in [1.807, 2.05) is 30.3 Å². The van der Waals surface area contributed by atoms with Gasteiger partial charge in [-0.05, 0) is 55.7 Å². The number of anilines is 1. The maximum atomic E-state index is 5.68. The third-order valence-corrected chi connectivity index (χ3v) is 3.90. The SMILES string of the molecule is COc1cc(C)c(C(Nc2ccccc2)OC)c(C)c1C. The van der Waals surface area contributed by atoms with Gasteiger partial charge in [0, 0.05) is 18.4 Å². The molecule has 0 heterocycles. The maximum absolute atomic E-state index is 5.68. The summed E-state index contributed by atoms with van der Waals surface area (Å²) in [4.78, 5) is 0. The Balaban J connectivity index is 2.41. The van der Waals surface area contributed by atoms with E-state index in [1.54, 1.807) is 14.2 Å². The van der Waals surface area contributed by atoms with Crippen LogP contribution in [0.15, 0.2) is 36.4 Å². The molecule has 21 heavy (non-hydrogen) atoms. The minimum absolute atomic E-state index is 0.183. The quantitative estimate of drug-likeness (QED) is 0.827. The Bertz CT molecular complexity index is 608. The van der Waals surface area contributed by atoms with Gasteiger partial charge in [-0.3, -0.25) is 0 Å². The molecule has 0 bridgehead atoms. The fourth-order valence-electron chi connectivity index (χ4n) is 2.62. The maximum Gasteiger partial charge on any atom is 0.154 e. The Morgan fingerprint density at radius 3 is 2.19 bits per heavy atom. The van der Waals surface area contributed by atoms with Crippen LogP contribution >= 0.6 is 0 Å². The number of ether oxygens (including phenoxy) is 2. The molecule has 0 spiro atoms. The summed E-state index contributed by atoms with van der Waals surface area (Å²) >= 11 is 0. The van der Waals surface area contributed by atoms with Crippen molar-refractivity contribution in [2.24, 2.45) is 0 Å². The third-order valence-electron chi connectivity index (χ3n) is 3.90. The van der Waals surface area contributed by atoms with E-state index < -0.39 is 0 Å². The summed E-state index contributed by atoms with van der Waals surface area (Å²) in [6.07, 6.45) is -0.183. The summed E-state index contributed by atoms with van der Waals surface area (Å²) in [6.45, 7) is 6.27. The van der Waals surface area contributed by atoms with Gasteiger partial charge in [0.15, 0.2) is 6.23 Å². The minimum Gasteiger partial charge on any atom is -0.496 e. The van der Waals surface area contributed by atoms with Crippen LogP contribution in [0.25, 0.3) is 0 Å². The molecule has 1 unspecified atom stereocenters. The van der Waals surface area contributed by atoms with Crippen molar-refractivity contribution in [3.8, 4) is 5.75 Å². The molecule has 0 aliphatic rings. The van der Waals surface area contributed by atoms with Gasteiger partial charge in [0.2, 0.25) is 0 Å². The number of methoxy groups -OCH3 is 2. The average molecular weight is 285 g/mol. The average Bonchev–Trinajstić information content (AvgIpc) is 2.50. The Morgan fingerprint density at radius 1 is 0.952 bits per heavy atom. The normalized spacial score (nSPS) is 12.0. The van der Waals surface area contributed by atoms with Crippen LogP contribution in [0.2, 0.25) is 0 Å². The smallest absolute Gasteiger partial charge is 0.154 e. The van der Waals surface area contributed by atoms with E-state index in [4.69, 9.17) is 9.47 Å². The number of benzene rings is 2. The molecule has 3 heteroatoms. The van der Waals surface area contributed by atoms with E-state index in [1.165, 1.54) is 11.1 Å². The first-order chi connectivity index (χ1) is 10.1. The molecule has 0 aliphatic carbocycles. The monoisotopic (exact) mass is 285 g/mol. The zero-order chi connectivity index (χ0) is 15.4. The van der Waals surface area contributed by atoms with Crippen molar-refractivity contribution < 1.29 is 9.47 Å². The second-order valence-corrected chi connectivity index (χ2v) is 5.19. The second-order valence-electron chi connectivity index (χ2n) is 5.19. The molecule has 1 N–H and O–H groups in total. The summed E-state index contributed by atoms with van der Waals surface area (Å²) < 4.78 is 11.1. The first-order valence-electron chi connectivity index (χ1n) is 7.07. The molecular formula is C18H23NO2. The third kappa shape index (κ3) is 3.19. The van der Waals surface area contributed by atoms with E-state index in [0.29, 0.717) is 0 Å². The summed E-state index contributed by atoms with van der Waals surface area (Å²) in [6, 6.07) is 12.2. The van der Waals surface area contributed by atoms with Gasteiger partial charge >= 0.3 is 0 Å². The van der Waals surface area contributed by atoms with Gasteiger partial charge in [0.1, 0.15) is 5.75 Å². The molecular weight excluding hydrogens is 262 g/mol. The van der Waals surface area contributed by atoms with E-state index in [-0.39, 0.29) is 6.23 Å². The van der Waals surface area contributed by atoms with Gasteiger partial charge < -0.3 is 14.8 Å². The number of hydrogen-bond acceptors (Lipinski definition) is 3. The van der Waals surface area contributed by atoms with Gasteiger partial charge in [-0.1, -0.05) is 18.2 Å². The van der Waals surface area contributed by atoms with E-state index in [9.17, 15) is 0 Å². The molecule has 2 aromatic rings. The zero-order valence-electron chi connectivity index (χ0n) is 13.4. The van der Waals surface area contributed by atoms with Crippen molar-refractivity contribution in [1.82, 2.24) is 0 Å². The fraction of sp³-hybridized carbons (Fsp3) is 0.333. The Kier molecular flexibility index (Phi) is 4.86. The molecule has 1 atom stereocenters. The summed E-state index contributed by atoms with van der Waals surface area (Å²) in [5, 5.41) is 3.43. The molecule has 2 aromatic carbocycles. The number of rotatable bonds is 5. The Morgan fingerprint density at radius 2 is 1.62 bits per heavy atom. The van der Waals surface area contributed by atoms with E-state index in [2.05, 4.69) is 32.2 Å². The molecule has 0 saturated heterocycles. The zero-order valence-corrected chi connectivity index (χ0v) is 13.4. The van der Waals surface area contributed by atoms with Gasteiger partial charge in [-0.25, -0.2) is 0 Å². The Hall–Kier alpha value is -2.00. The minimum atomic E-state index is -0.183. The number of aryl methyl sites for hydroxylation is 1. The fourth-order valence-corrected chi connectivity index (χ4v) is 2.62. The highest BCUT2D eigenvalue weighted by Gasteiger charge is 2.19. The molecule has 0 aliphatic heterocycles. The Labute approximate surface area is 126 Å². The molecule has 0 fully saturated rings. The van der Waals surface area contributed by atoms with Gasteiger partial charge in [0.05, 0.1) is 7.11 Å². The van der Waals surface area contributed by atoms with Crippen molar-refractivity contribution in [2.75, 3.05) is 19.5 Å². The lowest BCUT2D eigenvalue weighted by Crippen LogP contribution is -2.16. The van der Waals surface area contributed by atoms with E-state index in [0.717, 1.165) is 22.6 Å². The van der Waals surface area contributed by atoms with Gasteiger partial charge in [0.25, 0.3) is 0 Å². The predicted molar refractivity (Wildman–Crippen MR) is 87.0 cm³/mol. The highest BCUT2D eigenvalue weighted by Crippen LogP contribution is 2.33. The highest BCUT2D eigenvalue weighted by molar-refractivity contribution is 5.52. The second kappa shape index (κ2) is 6.64. The largest absolute Gasteiger partial charge is 0.496 e. The van der Waals surface area contributed by atoms with E-state index >= 15 is 0 Å². The highest BCUT2D eigenvalue weighted by atomic mass is 16.5. The first kappa shape index (κ1) is 15.4. The predicted octanol–water partition coefficient (Wildman–Crippen LogP) is 4.38. The molecule has 3 nitrogen and oxygen atoms in total. The van der Waals surface area contributed by atoms with Crippen molar-refractivity contribution in [3.05, 3.63) is 58.7 Å². The molecule has 0 aromatic heterocycles. The first-order valence-corrected chi connectivity index (χ1v) is 7.07. The van der Waals surface area contributed by atoms with Crippen LogP contribution in [0.3, 0.4) is 0 Å². The van der Waals surface area contributed by atoms with Crippen LogP contribution in [-0.4, -0.2) is 14.2 Å². The molecule has 112 valence electrons. The van der Waals surface area contributed by atoms with Crippen LogP contribution in [-0.2, 0) is 4.74 Å². The lowest BCUT2D eigenvalue weighted by Gasteiger charge is -2.24. The van der Waals surface area contributed by atoms with Crippen molar-refractivity contribution in [3.63, 3.8) is 0 Å². The van der Waals surface area contributed by atoms with Crippen LogP contribution < -0.4 is 10.1 Å². The number of nitrogens with one attached hydrogen (secondary N) is 1. The van der Waals surface area contributed by atoms with Crippen LogP contribution in [0.1, 0.15) is 28.5 Å².